The highest BCUT2D eigenvalue weighted by Crippen LogP contribution is 2.34. The van der Waals surface area contributed by atoms with E-state index in [1.165, 1.54) is 14.2 Å². The Hall–Kier alpha value is -2.08. The molecule has 0 bridgehead atoms. The van der Waals surface area contributed by atoms with Crippen LogP contribution in [-0.2, 0) is 4.79 Å². The molecule has 1 heterocycles. The minimum absolute atomic E-state index is 0.0986. The number of ether oxygens (including phenoxy) is 2. The van der Waals surface area contributed by atoms with Crippen LogP contribution in [0.4, 0.5) is 0 Å². The Morgan fingerprint density at radius 1 is 1.29 bits per heavy atom. The van der Waals surface area contributed by atoms with Gasteiger partial charge in [0, 0.05) is 5.92 Å². The van der Waals surface area contributed by atoms with Crippen molar-refractivity contribution in [3.8, 4) is 11.5 Å². The Balaban J connectivity index is 2.25. The highest BCUT2D eigenvalue weighted by Gasteiger charge is 2.32. The summed E-state index contributed by atoms with van der Waals surface area (Å²) in [6.45, 7) is 0.514. The van der Waals surface area contributed by atoms with Crippen LogP contribution in [0.2, 0.25) is 0 Å². The molecule has 0 saturated carbocycles. The first-order valence-corrected chi connectivity index (χ1v) is 6.79. The number of benzene rings is 1. The Morgan fingerprint density at radius 3 is 2.67 bits per heavy atom. The van der Waals surface area contributed by atoms with E-state index < -0.39 is 12.0 Å². The highest BCUT2D eigenvalue weighted by molar-refractivity contribution is 6.01. The van der Waals surface area contributed by atoms with Crippen molar-refractivity contribution in [2.24, 2.45) is 5.92 Å². The van der Waals surface area contributed by atoms with Crippen LogP contribution in [0, 0.1) is 5.92 Å². The molecule has 1 saturated heterocycles. The lowest BCUT2D eigenvalue weighted by atomic mass is 9.85. The van der Waals surface area contributed by atoms with Gasteiger partial charge in [0.05, 0.1) is 19.8 Å². The number of para-hydroxylation sites is 1. The van der Waals surface area contributed by atoms with Gasteiger partial charge in [-0.2, -0.15) is 0 Å². The number of methoxy groups -OCH3 is 2. The van der Waals surface area contributed by atoms with Gasteiger partial charge in [-0.3, -0.25) is 9.59 Å². The number of carboxylic acid groups (broad SMARTS) is 1. The van der Waals surface area contributed by atoms with Crippen molar-refractivity contribution in [2.45, 2.75) is 18.9 Å². The van der Waals surface area contributed by atoms with Gasteiger partial charge in [0.2, 0.25) is 0 Å². The molecule has 1 aromatic carbocycles. The van der Waals surface area contributed by atoms with Crippen LogP contribution in [0.15, 0.2) is 18.2 Å². The zero-order valence-corrected chi connectivity index (χ0v) is 12.1. The molecule has 2 N–H and O–H groups in total. The van der Waals surface area contributed by atoms with Crippen LogP contribution in [-0.4, -0.2) is 43.7 Å². The van der Waals surface area contributed by atoms with E-state index in [2.05, 4.69) is 5.32 Å². The van der Waals surface area contributed by atoms with Gasteiger partial charge in [0.25, 0.3) is 0 Å². The van der Waals surface area contributed by atoms with Crippen LogP contribution in [0.25, 0.3) is 0 Å². The van der Waals surface area contributed by atoms with Crippen molar-refractivity contribution in [3.63, 3.8) is 0 Å². The molecular weight excluding hydrogens is 274 g/mol. The van der Waals surface area contributed by atoms with Crippen molar-refractivity contribution in [1.82, 2.24) is 5.32 Å². The van der Waals surface area contributed by atoms with E-state index in [1.807, 2.05) is 0 Å². The van der Waals surface area contributed by atoms with E-state index in [9.17, 15) is 9.59 Å². The third-order valence-corrected chi connectivity index (χ3v) is 3.74. The SMILES string of the molecule is COc1cccc(C(=O)C2CCNC(C(=O)O)C2)c1OC. The van der Waals surface area contributed by atoms with Gasteiger partial charge in [0.15, 0.2) is 17.3 Å². The second-order valence-corrected chi connectivity index (χ2v) is 4.97. The molecule has 6 heteroatoms. The molecule has 2 rings (SSSR count). The lowest BCUT2D eigenvalue weighted by molar-refractivity contribution is -0.140. The third-order valence-electron chi connectivity index (χ3n) is 3.74. The fraction of sp³-hybridized carbons (Fsp3) is 0.467. The van der Waals surface area contributed by atoms with Crippen LogP contribution >= 0.6 is 0 Å². The number of nitrogens with one attached hydrogen (secondary N) is 1. The largest absolute Gasteiger partial charge is 0.493 e. The Labute approximate surface area is 123 Å². The maximum Gasteiger partial charge on any atom is 0.320 e. The summed E-state index contributed by atoms with van der Waals surface area (Å²) < 4.78 is 10.5. The number of Topliss-reactive ketones (excluding diaryl/α,β-unsaturated/α-hetero) is 1. The minimum Gasteiger partial charge on any atom is -0.493 e. The zero-order chi connectivity index (χ0) is 15.4. The predicted molar refractivity (Wildman–Crippen MR) is 76.0 cm³/mol. The fourth-order valence-electron chi connectivity index (χ4n) is 2.64. The lowest BCUT2D eigenvalue weighted by Gasteiger charge is -2.27. The number of carboxylic acids is 1. The van der Waals surface area contributed by atoms with E-state index in [4.69, 9.17) is 14.6 Å². The van der Waals surface area contributed by atoms with Crippen LogP contribution in [0.1, 0.15) is 23.2 Å². The standard InChI is InChI=1S/C15H19NO5/c1-20-12-5-3-4-10(14(12)21-2)13(17)9-6-7-16-11(8-9)15(18)19/h3-5,9,11,16H,6-8H2,1-2H3,(H,18,19). The van der Waals surface area contributed by atoms with Gasteiger partial charge in [0.1, 0.15) is 6.04 Å². The Bertz CT molecular complexity index is 543. The Kier molecular flexibility index (Phi) is 4.80. The molecule has 1 aromatic rings. The molecule has 114 valence electrons. The lowest BCUT2D eigenvalue weighted by Crippen LogP contribution is -2.45. The van der Waals surface area contributed by atoms with Gasteiger partial charge >= 0.3 is 5.97 Å². The maximum absolute atomic E-state index is 12.7. The summed E-state index contributed by atoms with van der Waals surface area (Å²) >= 11 is 0. The number of ketones is 1. The predicted octanol–water partition coefficient (Wildman–Crippen LogP) is 1.34. The molecule has 0 amide bonds. The normalized spacial score (nSPS) is 21.6. The molecule has 0 aromatic heterocycles. The van der Waals surface area contributed by atoms with Gasteiger partial charge in [-0.1, -0.05) is 6.07 Å². The van der Waals surface area contributed by atoms with Crippen molar-refractivity contribution in [1.29, 1.82) is 0 Å². The molecular formula is C15H19NO5. The molecule has 2 atom stereocenters. The summed E-state index contributed by atoms with van der Waals surface area (Å²) in [6, 6.07) is 4.45. The quantitative estimate of drug-likeness (QED) is 0.797. The van der Waals surface area contributed by atoms with Crippen LogP contribution < -0.4 is 14.8 Å². The van der Waals surface area contributed by atoms with Gasteiger partial charge < -0.3 is 19.9 Å². The number of carbonyl (C=O) groups is 2. The number of aliphatic carboxylic acids is 1. The maximum atomic E-state index is 12.7. The summed E-state index contributed by atoms with van der Waals surface area (Å²) in [4.78, 5) is 23.7. The Morgan fingerprint density at radius 2 is 2.05 bits per heavy atom. The van der Waals surface area contributed by atoms with Crippen molar-refractivity contribution in [2.75, 3.05) is 20.8 Å². The van der Waals surface area contributed by atoms with Gasteiger partial charge in [-0.05, 0) is 31.5 Å². The van der Waals surface area contributed by atoms with E-state index in [0.29, 0.717) is 30.0 Å². The molecule has 1 aliphatic rings. The molecule has 0 aliphatic carbocycles. The van der Waals surface area contributed by atoms with Crippen LogP contribution in [0.3, 0.4) is 0 Å². The smallest absolute Gasteiger partial charge is 0.320 e. The van der Waals surface area contributed by atoms with Crippen LogP contribution in [0.5, 0.6) is 11.5 Å². The zero-order valence-electron chi connectivity index (χ0n) is 12.1. The first-order chi connectivity index (χ1) is 10.1. The highest BCUT2D eigenvalue weighted by atomic mass is 16.5. The molecule has 6 nitrogen and oxygen atoms in total. The molecule has 0 spiro atoms. The van der Waals surface area contributed by atoms with E-state index in [-0.39, 0.29) is 18.1 Å². The number of carbonyl (C=O) groups excluding carboxylic acids is 1. The van der Waals surface area contributed by atoms with E-state index in [0.717, 1.165) is 0 Å². The average Bonchev–Trinajstić information content (AvgIpc) is 2.53. The fourth-order valence-corrected chi connectivity index (χ4v) is 2.64. The molecule has 1 fully saturated rings. The molecule has 1 aliphatic heterocycles. The summed E-state index contributed by atoms with van der Waals surface area (Å²) in [7, 11) is 2.99. The monoisotopic (exact) mass is 293 g/mol. The number of rotatable bonds is 5. The second kappa shape index (κ2) is 6.58. The van der Waals surface area contributed by atoms with Gasteiger partial charge in [-0.15, -0.1) is 0 Å². The third kappa shape index (κ3) is 3.16. The number of hydrogen-bond acceptors (Lipinski definition) is 5. The molecule has 0 radical (unpaired) electrons. The summed E-state index contributed by atoms with van der Waals surface area (Å²) in [5.74, 6) is -0.459. The second-order valence-electron chi connectivity index (χ2n) is 4.97. The van der Waals surface area contributed by atoms with Gasteiger partial charge in [-0.25, -0.2) is 0 Å². The minimum atomic E-state index is -0.926. The molecule has 21 heavy (non-hydrogen) atoms. The summed E-state index contributed by atoms with van der Waals surface area (Å²) in [6.07, 6.45) is 0.900. The number of piperidine rings is 1. The first kappa shape index (κ1) is 15.3. The van der Waals surface area contributed by atoms with Crippen molar-refractivity contribution >= 4 is 11.8 Å². The van der Waals surface area contributed by atoms with Crippen molar-refractivity contribution in [3.05, 3.63) is 23.8 Å². The topological polar surface area (TPSA) is 84.9 Å². The van der Waals surface area contributed by atoms with Crippen molar-refractivity contribution < 1.29 is 24.2 Å². The first-order valence-electron chi connectivity index (χ1n) is 6.79. The van der Waals surface area contributed by atoms with E-state index >= 15 is 0 Å². The van der Waals surface area contributed by atoms with E-state index in [1.54, 1.807) is 18.2 Å². The summed E-state index contributed by atoms with van der Waals surface area (Å²) in [5.41, 5.74) is 0.438. The number of hydrogen-bond donors (Lipinski definition) is 2. The molecule has 2 unspecified atom stereocenters. The average molecular weight is 293 g/mol. The summed E-state index contributed by atoms with van der Waals surface area (Å²) in [5, 5.41) is 12.0.